The summed E-state index contributed by atoms with van der Waals surface area (Å²) in [6.45, 7) is 7.70. The summed E-state index contributed by atoms with van der Waals surface area (Å²) in [5.74, 6) is 0.456. The van der Waals surface area contributed by atoms with Gasteiger partial charge in [-0.1, -0.05) is 24.8 Å². The van der Waals surface area contributed by atoms with Gasteiger partial charge in [0.05, 0.1) is 25.0 Å². The Morgan fingerprint density at radius 1 is 1.29 bits per heavy atom. The third-order valence-electron chi connectivity index (χ3n) is 2.89. The minimum Gasteiger partial charge on any atom is -0.489 e. The van der Waals surface area contributed by atoms with E-state index in [9.17, 15) is 4.79 Å². The molecule has 0 bridgehead atoms. The zero-order valence-electron chi connectivity index (χ0n) is 11.9. The summed E-state index contributed by atoms with van der Waals surface area (Å²) in [4.78, 5) is 17.0. The van der Waals surface area contributed by atoms with Gasteiger partial charge in [-0.15, -0.1) is 6.58 Å². The normalized spacial score (nSPS) is 16.7. The molecule has 0 amide bonds. The van der Waals surface area contributed by atoms with Crippen molar-refractivity contribution in [2.75, 3.05) is 20.3 Å². The molecule has 1 atom stereocenters. The first-order chi connectivity index (χ1) is 10.2. The number of hydrogen-bond donors (Lipinski definition) is 0. The van der Waals surface area contributed by atoms with Gasteiger partial charge in [0.1, 0.15) is 12.4 Å². The number of benzene rings is 1. The molecular weight excluding hydrogens is 270 g/mol. The number of carbonyl (C=O) groups excluding carboxylic acids is 1. The predicted molar refractivity (Wildman–Crippen MR) is 80.5 cm³/mol. The lowest BCUT2D eigenvalue weighted by Crippen LogP contribution is -2.37. The molecule has 5 nitrogen and oxygen atoms in total. The summed E-state index contributed by atoms with van der Waals surface area (Å²) in [6.07, 6.45) is 2.30. The molecule has 0 aromatic heterocycles. The first-order valence-electron chi connectivity index (χ1n) is 6.49. The largest absolute Gasteiger partial charge is 0.489 e. The quantitative estimate of drug-likeness (QED) is 0.755. The number of fused-ring (bicyclic) bond motifs is 1. The molecule has 0 spiro atoms. The van der Waals surface area contributed by atoms with Gasteiger partial charge in [0.2, 0.25) is 11.7 Å². The van der Waals surface area contributed by atoms with Crippen molar-refractivity contribution in [3.05, 3.63) is 49.1 Å². The molecule has 0 N–H and O–H groups in total. The van der Waals surface area contributed by atoms with E-state index in [-0.39, 0.29) is 18.3 Å². The van der Waals surface area contributed by atoms with Crippen LogP contribution in [0.2, 0.25) is 0 Å². The van der Waals surface area contributed by atoms with Gasteiger partial charge in [-0.3, -0.25) is 4.79 Å². The van der Waals surface area contributed by atoms with Gasteiger partial charge in [0.25, 0.3) is 0 Å². The van der Waals surface area contributed by atoms with Crippen LogP contribution in [-0.2, 0) is 9.47 Å². The van der Waals surface area contributed by atoms with E-state index < -0.39 is 6.10 Å². The fourth-order valence-corrected chi connectivity index (χ4v) is 2.01. The van der Waals surface area contributed by atoms with E-state index in [0.29, 0.717) is 23.6 Å². The zero-order chi connectivity index (χ0) is 15.2. The summed E-state index contributed by atoms with van der Waals surface area (Å²) in [6, 6.07) is 5.22. The monoisotopic (exact) mass is 287 g/mol. The van der Waals surface area contributed by atoms with Crippen LogP contribution in [0.1, 0.15) is 10.4 Å². The van der Waals surface area contributed by atoms with E-state index >= 15 is 0 Å². The number of Topliss-reactive ketones (excluding diaryl/α,β-unsaturated/α-hetero) is 1. The smallest absolute Gasteiger partial charge is 0.226 e. The van der Waals surface area contributed by atoms with Gasteiger partial charge in [-0.2, -0.15) is 0 Å². The molecule has 1 aliphatic heterocycles. The van der Waals surface area contributed by atoms with Crippen molar-refractivity contribution in [3.63, 3.8) is 0 Å². The summed E-state index contributed by atoms with van der Waals surface area (Å²) in [7, 11) is 1.46. The van der Waals surface area contributed by atoms with Crippen LogP contribution >= 0.6 is 0 Å². The van der Waals surface area contributed by atoms with Crippen molar-refractivity contribution in [1.82, 2.24) is 0 Å². The lowest BCUT2D eigenvalue weighted by atomic mass is 9.99. The second kappa shape index (κ2) is 6.85. The highest BCUT2D eigenvalue weighted by Crippen LogP contribution is 2.34. The summed E-state index contributed by atoms with van der Waals surface area (Å²) in [5, 5.41) is 0. The van der Waals surface area contributed by atoms with Gasteiger partial charge >= 0.3 is 0 Å². The number of rotatable bonds is 6. The van der Waals surface area contributed by atoms with Crippen molar-refractivity contribution >= 4 is 17.4 Å². The molecule has 0 radical (unpaired) electrons. The third-order valence-corrected chi connectivity index (χ3v) is 2.89. The Morgan fingerprint density at radius 2 is 2.05 bits per heavy atom. The first kappa shape index (κ1) is 15.0. The Bertz CT molecular complexity index is 592. The Hall–Kier alpha value is -2.40. The van der Waals surface area contributed by atoms with E-state index in [4.69, 9.17) is 14.2 Å². The van der Waals surface area contributed by atoms with Crippen molar-refractivity contribution in [2.45, 2.75) is 6.10 Å². The maximum absolute atomic E-state index is 12.6. The van der Waals surface area contributed by atoms with Crippen LogP contribution in [0.5, 0.6) is 5.75 Å². The average Bonchev–Trinajstić information content (AvgIpc) is 2.51. The van der Waals surface area contributed by atoms with Crippen molar-refractivity contribution in [1.29, 1.82) is 0 Å². The molecule has 1 unspecified atom stereocenters. The maximum atomic E-state index is 12.6. The van der Waals surface area contributed by atoms with Gasteiger partial charge in [-0.25, -0.2) is 4.99 Å². The van der Waals surface area contributed by atoms with E-state index in [1.54, 1.807) is 30.4 Å². The van der Waals surface area contributed by atoms with Crippen LogP contribution in [-0.4, -0.2) is 38.1 Å². The fourth-order valence-electron chi connectivity index (χ4n) is 2.01. The summed E-state index contributed by atoms with van der Waals surface area (Å²) >= 11 is 0. The first-order valence-corrected chi connectivity index (χ1v) is 6.49. The SMILES string of the molecule is C=CCOc1cccc2c1C(=O)C(OCC=C)C(OC)=N2. The van der Waals surface area contributed by atoms with Crippen molar-refractivity contribution < 1.29 is 19.0 Å². The second-order valence-electron chi connectivity index (χ2n) is 4.27. The number of ether oxygens (including phenoxy) is 3. The van der Waals surface area contributed by atoms with E-state index in [0.717, 1.165) is 0 Å². The van der Waals surface area contributed by atoms with Gasteiger partial charge < -0.3 is 14.2 Å². The third kappa shape index (κ3) is 3.03. The molecule has 2 rings (SSSR count). The topological polar surface area (TPSA) is 57.1 Å². The van der Waals surface area contributed by atoms with E-state index in [1.165, 1.54) is 7.11 Å². The van der Waals surface area contributed by atoms with Gasteiger partial charge in [-0.05, 0) is 12.1 Å². The molecule has 1 aliphatic rings. The van der Waals surface area contributed by atoms with Crippen LogP contribution < -0.4 is 4.74 Å². The zero-order valence-corrected chi connectivity index (χ0v) is 11.9. The standard InChI is InChI=1S/C16H17NO4/c1-4-9-20-12-8-6-7-11-13(12)14(18)15(21-10-5-2)16(17-11)19-3/h4-8,15H,1-2,9-10H2,3H3. The highest BCUT2D eigenvalue weighted by Gasteiger charge is 2.35. The van der Waals surface area contributed by atoms with Gasteiger partial charge in [0.15, 0.2) is 6.10 Å². The number of nitrogens with zero attached hydrogens (tertiary/aromatic N) is 1. The fraction of sp³-hybridized carbons (Fsp3) is 0.250. The molecule has 0 aliphatic carbocycles. The molecule has 1 aromatic rings. The average molecular weight is 287 g/mol. The minimum absolute atomic E-state index is 0.226. The van der Waals surface area contributed by atoms with Gasteiger partial charge in [0, 0.05) is 0 Å². The van der Waals surface area contributed by atoms with Crippen LogP contribution in [0.4, 0.5) is 5.69 Å². The summed E-state index contributed by atoms with van der Waals surface area (Å²) < 4.78 is 16.1. The van der Waals surface area contributed by atoms with E-state index in [2.05, 4.69) is 18.2 Å². The predicted octanol–water partition coefficient (Wildman–Crippen LogP) is 2.70. The summed E-state index contributed by atoms with van der Waals surface area (Å²) in [5.41, 5.74) is 0.908. The molecule has 1 heterocycles. The Balaban J connectivity index is 2.43. The van der Waals surface area contributed by atoms with E-state index in [1.807, 2.05) is 0 Å². The van der Waals surface area contributed by atoms with Crippen LogP contribution in [0.15, 0.2) is 48.5 Å². The van der Waals surface area contributed by atoms with Crippen molar-refractivity contribution in [3.8, 4) is 5.75 Å². The molecule has 0 saturated heterocycles. The molecule has 0 saturated carbocycles. The molecule has 1 aromatic carbocycles. The maximum Gasteiger partial charge on any atom is 0.226 e. The number of hydrogen-bond acceptors (Lipinski definition) is 5. The number of ketones is 1. The van der Waals surface area contributed by atoms with Crippen LogP contribution in [0.25, 0.3) is 0 Å². The number of carbonyl (C=O) groups is 1. The number of methoxy groups -OCH3 is 1. The lowest BCUT2D eigenvalue weighted by molar-refractivity contribution is 0.0629. The highest BCUT2D eigenvalue weighted by atomic mass is 16.5. The number of aliphatic imine (C=N–C) groups is 1. The lowest BCUT2D eigenvalue weighted by Gasteiger charge is -2.23. The van der Waals surface area contributed by atoms with Crippen molar-refractivity contribution in [2.24, 2.45) is 4.99 Å². The second-order valence-corrected chi connectivity index (χ2v) is 4.27. The molecule has 0 fully saturated rings. The Morgan fingerprint density at radius 3 is 2.71 bits per heavy atom. The molecule has 21 heavy (non-hydrogen) atoms. The molecular formula is C16H17NO4. The molecule has 110 valence electrons. The highest BCUT2D eigenvalue weighted by molar-refractivity contribution is 6.19. The molecule has 5 heteroatoms. The minimum atomic E-state index is -0.881. The Labute approximate surface area is 123 Å². The van der Waals surface area contributed by atoms with Crippen LogP contribution in [0.3, 0.4) is 0 Å². The Kier molecular flexibility index (Phi) is 4.90. The van der Waals surface area contributed by atoms with Crippen LogP contribution in [0, 0.1) is 0 Å².